The fourth-order valence-electron chi connectivity index (χ4n) is 1.50. The second-order valence-corrected chi connectivity index (χ2v) is 3.80. The summed E-state index contributed by atoms with van der Waals surface area (Å²) in [6.45, 7) is 0.521. The third-order valence-corrected chi connectivity index (χ3v) is 2.38. The first-order chi connectivity index (χ1) is 8.13. The normalized spacial score (nSPS) is 10.2. The minimum Gasteiger partial charge on any atom is -0.481 e. The average molecular weight is 236 g/mol. The number of hydrogen-bond acceptors (Lipinski definition) is 3. The zero-order chi connectivity index (χ0) is 12.7. The zero-order valence-electron chi connectivity index (χ0n) is 9.81. The van der Waals surface area contributed by atoms with E-state index in [1.165, 1.54) is 0 Å². The Bertz CT molecular complexity index is 381. The Hall–Kier alpha value is -1.68. The van der Waals surface area contributed by atoms with Crippen LogP contribution in [0.2, 0.25) is 0 Å². The number of ketones is 1. The van der Waals surface area contributed by atoms with Crippen LogP contribution in [0.1, 0.15) is 35.2 Å². The van der Waals surface area contributed by atoms with E-state index in [0.29, 0.717) is 18.6 Å². The van der Waals surface area contributed by atoms with Gasteiger partial charge in [-0.25, -0.2) is 0 Å². The fourth-order valence-corrected chi connectivity index (χ4v) is 1.50. The molecule has 4 nitrogen and oxygen atoms in total. The van der Waals surface area contributed by atoms with Gasteiger partial charge in [-0.3, -0.25) is 9.59 Å². The summed E-state index contributed by atoms with van der Waals surface area (Å²) in [5.74, 6) is -0.886. The maximum atomic E-state index is 11.7. The second kappa shape index (κ2) is 6.81. The van der Waals surface area contributed by atoms with E-state index in [0.717, 1.165) is 5.56 Å². The number of carboxylic acid groups (broad SMARTS) is 1. The highest BCUT2D eigenvalue weighted by atomic mass is 16.5. The molecule has 0 amide bonds. The van der Waals surface area contributed by atoms with Crippen molar-refractivity contribution in [1.82, 2.24) is 0 Å². The Morgan fingerprint density at radius 3 is 2.35 bits per heavy atom. The molecule has 0 heterocycles. The molecule has 0 saturated carbocycles. The lowest BCUT2D eigenvalue weighted by molar-refractivity contribution is -0.137. The molecule has 0 bridgehead atoms. The van der Waals surface area contributed by atoms with E-state index in [-0.39, 0.29) is 18.6 Å². The predicted octanol–water partition coefficient (Wildman–Crippen LogP) is 2.27. The molecule has 0 saturated heterocycles. The molecule has 4 heteroatoms. The van der Waals surface area contributed by atoms with Gasteiger partial charge in [0.1, 0.15) is 0 Å². The Morgan fingerprint density at radius 2 is 1.82 bits per heavy atom. The minimum absolute atomic E-state index is 0.0183. The summed E-state index contributed by atoms with van der Waals surface area (Å²) >= 11 is 0. The summed E-state index contributed by atoms with van der Waals surface area (Å²) in [5, 5.41) is 8.47. The third-order valence-electron chi connectivity index (χ3n) is 2.38. The molecule has 0 spiro atoms. The molecule has 0 aliphatic heterocycles. The van der Waals surface area contributed by atoms with Crippen molar-refractivity contribution in [2.75, 3.05) is 7.11 Å². The van der Waals surface area contributed by atoms with Gasteiger partial charge in [-0.1, -0.05) is 24.3 Å². The number of hydrogen-bond donors (Lipinski definition) is 1. The van der Waals surface area contributed by atoms with Crippen molar-refractivity contribution in [3.63, 3.8) is 0 Å². The van der Waals surface area contributed by atoms with Gasteiger partial charge in [0, 0.05) is 25.5 Å². The van der Waals surface area contributed by atoms with Crippen LogP contribution in [-0.2, 0) is 16.1 Å². The van der Waals surface area contributed by atoms with Gasteiger partial charge >= 0.3 is 5.97 Å². The van der Waals surface area contributed by atoms with Crippen molar-refractivity contribution >= 4 is 11.8 Å². The number of benzene rings is 1. The van der Waals surface area contributed by atoms with Gasteiger partial charge in [0.25, 0.3) is 0 Å². The molecule has 0 aliphatic rings. The monoisotopic (exact) mass is 236 g/mol. The van der Waals surface area contributed by atoms with Crippen LogP contribution in [0.3, 0.4) is 0 Å². The predicted molar refractivity (Wildman–Crippen MR) is 63.0 cm³/mol. The van der Waals surface area contributed by atoms with Crippen molar-refractivity contribution in [2.45, 2.75) is 25.9 Å². The molecule has 0 atom stereocenters. The lowest BCUT2D eigenvalue weighted by Crippen LogP contribution is -2.02. The first-order valence-corrected chi connectivity index (χ1v) is 5.46. The lowest BCUT2D eigenvalue weighted by atomic mass is 10.0. The number of rotatable bonds is 7. The van der Waals surface area contributed by atoms with Crippen LogP contribution in [0.25, 0.3) is 0 Å². The number of ether oxygens (including phenoxy) is 1. The highest BCUT2D eigenvalue weighted by Crippen LogP contribution is 2.09. The highest BCUT2D eigenvalue weighted by molar-refractivity contribution is 5.96. The van der Waals surface area contributed by atoms with Crippen molar-refractivity contribution in [3.8, 4) is 0 Å². The third kappa shape index (κ3) is 4.78. The number of carbonyl (C=O) groups is 2. The van der Waals surface area contributed by atoms with Crippen LogP contribution >= 0.6 is 0 Å². The van der Waals surface area contributed by atoms with E-state index in [9.17, 15) is 9.59 Å². The van der Waals surface area contributed by atoms with Gasteiger partial charge in [-0.05, 0) is 12.0 Å². The Kier molecular flexibility index (Phi) is 5.36. The topological polar surface area (TPSA) is 63.6 Å². The molecule has 0 unspecified atom stereocenters. The number of methoxy groups -OCH3 is 1. The molecule has 0 aliphatic carbocycles. The minimum atomic E-state index is -0.867. The summed E-state index contributed by atoms with van der Waals surface area (Å²) in [7, 11) is 1.62. The van der Waals surface area contributed by atoms with Crippen molar-refractivity contribution < 1.29 is 19.4 Å². The van der Waals surface area contributed by atoms with Crippen molar-refractivity contribution in [3.05, 3.63) is 35.4 Å². The van der Waals surface area contributed by atoms with Gasteiger partial charge < -0.3 is 9.84 Å². The zero-order valence-corrected chi connectivity index (χ0v) is 9.81. The van der Waals surface area contributed by atoms with Crippen LogP contribution in [-0.4, -0.2) is 24.0 Å². The van der Waals surface area contributed by atoms with Crippen molar-refractivity contribution in [1.29, 1.82) is 0 Å². The molecule has 1 aromatic rings. The average Bonchev–Trinajstić information content (AvgIpc) is 2.30. The summed E-state index contributed by atoms with van der Waals surface area (Å²) < 4.78 is 4.97. The van der Waals surface area contributed by atoms with Crippen LogP contribution < -0.4 is 0 Å². The van der Waals surface area contributed by atoms with E-state index >= 15 is 0 Å². The van der Waals surface area contributed by atoms with E-state index in [1.54, 1.807) is 19.2 Å². The Labute approximate surface area is 100 Å². The maximum absolute atomic E-state index is 11.7. The smallest absolute Gasteiger partial charge is 0.303 e. The largest absolute Gasteiger partial charge is 0.481 e. The van der Waals surface area contributed by atoms with Gasteiger partial charge in [0.15, 0.2) is 5.78 Å². The first-order valence-electron chi connectivity index (χ1n) is 5.46. The van der Waals surface area contributed by atoms with E-state index < -0.39 is 5.97 Å². The molecular formula is C13H16O4. The quantitative estimate of drug-likeness (QED) is 0.737. The molecular weight excluding hydrogens is 220 g/mol. The number of Topliss-reactive ketones (excluding diaryl/α,β-unsaturated/α-hetero) is 1. The molecule has 17 heavy (non-hydrogen) atoms. The lowest BCUT2D eigenvalue weighted by Gasteiger charge is -2.02. The van der Waals surface area contributed by atoms with Crippen LogP contribution in [0.4, 0.5) is 0 Å². The van der Waals surface area contributed by atoms with E-state index in [2.05, 4.69) is 0 Å². The van der Waals surface area contributed by atoms with Gasteiger partial charge in [-0.15, -0.1) is 0 Å². The molecule has 1 rings (SSSR count). The Balaban J connectivity index is 2.48. The Morgan fingerprint density at radius 1 is 1.18 bits per heavy atom. The molecule has 92 valence electrons. The van der Waals surface area contributed by atoms with Crippen LogP contribution in [0.15, 0.2) is 24.3 Å². The molecule has 1 aromatic carbocycles. The number of aliphatic carboxylic acids is 1. The maximum Gasteiger partial charge on any atom is 0.303 e. The summed E-state index contributed by atoms with van der Waals surface area (Å²) in [5.41, 5.74) is 1.63. The van der Waals surface area contributed by atoms with Gasteiger partial charge in [-0.2, -0.15) is 0 Å². The molecule has 1 N–H and O–H groups in total. The first kappa shape index (κ1) is 13.4. The highest BCUT2D eigenvalue weighted by Gasteiger charge is 2.06. The molecule has 0 fully saturated rings. The van der Waals surface area contributed by atoms with Gasteiger partial charge in [0.05, 0.1) is 6.61 Å². The van der Waals surface area contributed by atoms with Crippen LogP contribution in [0, 0.1) is 0 Å². The van der Waals surface area contributed by atoms with E-state index in [4.69, 9.17) is 9.84 Å². The number of carbonyl (C=O) groups excluding carboxylic acids is 1. The summed E-state index contributed by atoms with van der Waals surface area (Å²) in [6, 6.07) is 7.18. The van der Waals surface area contributed by atoms with Crippen LogP contribution in [0.5, 0.6) is 0 Å². The fraction of sp³-hybridized carbons (Fsp3) is 0.385. The summed E-state index contributed by atoms with van der Waals surface area (Å²) in [6.07, 6.45) is 0.692. The standard InChI is InChI=1S/C13H16O4/c1-17-9-10-5-7-11(8-6-10)12(14)3-2-4-13(15)16/h5-8H,2-4,9H2,1H3,(H,15,16). The second-order valence-electron chi connectivity index (χ2n) is 3.80. The van der Waals surface area contributed by atoms with E-state index in [1.807, 2.05) is 12.1 Å². The molecule has 0 radical (unpaired) electrons. The van der Waals surface area contributed by atoms with Crippen molar-refractivity contribution in [2.24, 2.45) is 0 Å². The summed E-state index contributed by atoms with van der Waals surface area (Å²) in [4.78, 5) is 22.0. The van der Waals surface area contributed by atoms with Gasteiger partial charge in [0.2, 0.25) is 0 Å². The SMILES string of the molecule is COCc1ccc(C(=O)CCCC(=O)O)cc1. The number of carboxylic acids is 1. The molecule has 0 aromatic heterocycles.